The van der Waals surface area contributed by atoms with Crippen molar-refractivity contribution in [2.45, 2.75) is 19.4 Å². The van der Waals surface area contributed by atoms with Crippen LogP contribution in [0.25, 0.3) is 0 Å². The number of aromatic nitrogens is 1. The molecule has 0 aliphatic heterocycles. The maximum Gasteiger partial charge on any atom is 0.130 e. The lowest BCUT2D eigenvalue weighted by atomic mass is 10.0. The van der Waals surface area contributed by atoms with Crippen molar-refractivity contribution in [2.24, 2.45) is 0 Å². The van der Waals surface area contributed by atoms with E-state index in [2.05, 4.69) is 20.9 Å². The second kappa shape index (κ2) is 5.59. The first-order chi connectivity index (χ1) is 8.59. The van der Waals surface area contributed by atoms with Crippen LogP contribution in [0.1, 0.15) is 22.9 Å². The van der Waals surface area contributed by atoms with Crippen LogP contribution >= 0.6 is 15.9 Å². The third-order valence-corrected chi connectivity index (χ3v) is 3.53. The highest BCUT2D eigenvalue weighted by atomic mass is 79.9. The lowest BCUT2D eigenvalue weighted by Gasteiger charge is -2.14. The predicted octanol–water partition coefficient (Wildman–Crippen LogP) is 3.57. The van der Waals surface area contributed by atoms with Crippen LogP contribution in [0, 0.1) is 12.7 Å². The largest absolute Gasteiger partial charge is 0.388 e. The second-order valence-electron chi connectivity index (χ2n) is 4.12. The summed E-state index contributed by atoms with van der Waals surface area (Å²) in [5.41, 5.74) is 2.05. The molecular weight excluding hydrogens is 297 g/mol. The monoisotopic (exact) mass is 309 g/mol. The minimum atomic E-state index is -0.908. The van der Waals surface area contributed by atoms with Crippen LogP contribution in [-0.2, 0) is 6.42 Å². The Labute approximate surface area is 114 Å². The number of halogens is 2. The van der Waals surface area contributed by atoms with Crippen LogP contribution in [0.15, 0.2) is 41.0 Å². The number of hydrogen-bond acceptors (Lipinski definition) is 2. The van der Waals surface area contributed by atoms with E-state index in [1.54, 1.807) is 18.3 Å². The van der Waals surface area contributed by atoms with E-state index in [9.17, 15) is 9.50 Å². The standard InChI is InChI=1S/C14H13BrFNO/c1-9-4-3-7-17-12(9)8-13(18)14-10(15)5-2-6-11(14)16/h2-7,13,18H,8H2,1H3. The highest BCUT2D eigenvalue weighted by Crippen LogP contribution is 2.28. The summed E-state index contributed by atoms with van der Waals surface area (Å²) in [4.78, 5) is 4.21. The molecule has 1 unspecified atom stereocenters. The first kappa shape index (κ1) is 13.2. The summed E-state index contributed by atoms with van der Waals surface area (Å²) < 4.78 is 14.3. The number of hydrogen-bond donors (Lipinski definition) is 1. The van der Waals surface area contributed by atoms with Crippen molar-refractivity contribution in [3.8, 4) is 0 Å². The van der Waals surface area contributed by atoms with Gasteiger partial charge in [-0.2, -0.15) is 0 Å². The number of benzene rings is 1. The zero-order valence-electron chi connectivity index (χ0n) is 9.90. The zero-order chi connectivity index (χ0) is 13.1. The molecule has 1 N–H and O–H groups in total. The molecule has 2 rings (SSSR count). The normalized spacial score (nSPS) is 12.4. The minimum absolute atomic E-state index is 0.280. The summed E-state index contributed by atoms with van der Waals surface area (Å²) in [5, 5.41) is 10.2. The number of rotatable bonds is 3. The van der Waals surface area contributed by atoms with E-state index in [-0.39, 0.29) is 5.56 Å². The molecule has 0 fully saturated rings. The van der Waals surface area contributed by atoms with Gasteiger partial charge in [-0.05, 0) is 30.7 Å². The molecule has 1 atom stereocenters. The number of aliphatic hydroxyl groups is 1. The fourth-order valence-corrected chi connectivity index (χ4v) is 2.45. The van der Waals surface area contributed by atoms with Gasteiger partial charge in [-0.3, -0.25) is 4.98 Å². The van der Waals surface area contributed by atoms with Gasteiger partial charge in [0.15, 0.2) is 0 Å². The van der Waals surface area contributed by atoms with Crippen LogP contribution in [0.2, 0.25) is 0 Å². The molecule has 0 spiro atoms. The van der Waals surface area contributed by atoms with Crippen LogP contribution in [0.3, 0.4) is 0 Å². The van der Waals surface area contributed by atoms with Gasteiger partial charge in [-0.1, -0.05) is 28.1 Å². The lowest BCUT2D eigenvalue weighted by molar-refractivity contribution is 0.171. The van der Waals surface area contributed by atoms with Gasteiger partial charge in [0.1, 0.15) is 5.82 Å². The SMILES string of the molecule is Cc1cccnc1CC(O)c1c(F)cccc1Br. The van der Waals surface area contributed by atoms with Crippen molar-refractivity contribution < 1.29 is 9.50 Å². The Morgan fingerprint density at radius 2 is 2.11 bits per heavy atom. The van der Waals surface area contributed by atoms with Gasteiger partial charge in [-0.25, -0.2) is 4.39 Å². The second-order valence-corrected chi connectivity index (χ2v) is 4.98. The fraction of sp³-hybridized carbons (Fsp3) is 0.214. The third-order valence-electron chi connectivity index (χ3n) is 2.84. The quantitative estimate of drug-likeness (QED) is 0.940. The third kappa shape index (κ3) is 2.76. The van der Waals surface area contributed by atoms with Crippen LogP contribution in [-0.4, -0.2) is 10.1 Å². The highest BCUT2D eigenvalue weighted by molar-refractivity contribution is 9.10. The van der Waals surface area contributed by atoms with Crippen LogP contribution in [0.5, 0.6) is 0 Å². The van der Waals surface area contributed by atoms with Crippen molar-refractivity contribution in [3.05, 3.63) is 63.6 Å². The summed E-state index contributed by atoms with van der Waals surface area (Å²) in [6.07, 6.45) is 1.06. The number of aliphatic hydroxyl groups excluding tert-OH is 1. The van der Waals surface area contributed by atoms with Crippen molar-refractivity contribution in [2.75, 3.05) is 0 Å². The van der Waals surface area contributed by atoms with Crippen molar-refractivity contribution in [3.63, 3.8) is 0 Å². The molecule has 1 heterocycles. The predicted molar refractivity (Wildman–Crippen MR) is 71.7 cm³/mol. The van der Waals surface area contributed by atoms with Crippen LogP contribution < -0.4 is 0 Å². The molecule has 18 heavy (non-hydrogen) atoms. The Morgan fingerprint density at radius 1 is 1.33 bits per heavy atom. The maximum atomic E-state index is 13.7. The fourth-order valence-electron chi connectivity index (χ4n) is 1.85. The first-order valence-electron chi connectivity index (χ1n) is 5.62. The summed E-state index contributed by atoms with van der Waals surface area (Å²) >= 11 is 3.26. The van der Waals surface area contributed by atoms with Gasteiger partial charge in [-0.15, -0.1) is 0 Å². The first-order valence-corrected chi connectivity index (χ1v) is 6.41. The van der Waals surface area contributed by atoms with E-state index in [1.807, 2.05) is 19.1 Å². The Morgan fingerprint density at radius 3 is 2.78 bits per heavy atom. The molecule has 0 bridgehead atoms. The van der Waals surface area contributed by atoms with Gasteiger partial charge in [0, 0.05) is 28.3 Å². The molecule has 0 radical (unpaired) electrons. The zero-order valence-corrected chi connectivity index (χ0v) is 11.5. The van der Waals surface area contributed by atoms with Crippen molar-refractivity contribution in [1.29, 1.82) is 0 Å². The molecule has 0 saturated carbocycles. The van der Waals surface area contributed by atoms with E-state index >= 15 is 0 Å². The minimum Gasteiger partial charge on any atom is -0.388 e. The Bertz CT molecular complexity index is 539. The average molecular weight is 310 g/mol. The van der Waals surface area contributed by atoms with Crippen molar-refractivity contribution in [1.82, 2.24) is 4.98 Å². The number of aryl methyl sites for hydroxylation is 1. The summed E-state index contributed by atoms with van der Waals surface area (Å²) in [5.74, 6) is -0.412. The Balaban J connectivity index is 2.28. The topological polar surface area (TPSA) is 33.1 Å². The Kier molecular flexibility index (Phi) is 4.09. The lowest BCUT2D eigenvalue weighted by Crippen LogP contribution is -2.07. The molecule has 1 aromatic carbocycles. The van der Waals surface area contributed by atoms with E-state index in [1.165, 1.54) is 6.07 Å². The summed E-state index contributed by atoms with van der Waals surface area (Å²) in [6, 6.07) is 8.42. The van der Waals surface area contributed by atoms with E-state index in [0.29, 0.717) is 10.9 Å². The molecule has 2 nitrogen and oxygen atoms in total. The van der Waals surface area contributed by atoms with Crippen LogP contribution in [0.4, 0.5) is 4.39 Å². The Hall–Kier alpha value is -1.26. The molecule has 0 aliphatic carbocycles. The van der Waals surface area contributed by atoms with E-state index < -0.39 is 11.9 Å². The molecular formula is C14H13BrFNO. The molecule has 0 saturated heterocycles. The van der Waals surface area contributed by atoms with Crippen molar-refractivity contribution >= 4 is 15.9 Å². The molecule has 2 aromatic rings. The van der Waals surface area contributed by atoms with Gasteiger partial charge in [0.05, 0.1) is 6.10 Å². The number of pyridine rings is 1. The van der Waals surface area contributed by atoms with Gasteiger partial charge < -0.3 is 5.11 Å². The summed E-state index contributed by atoms with van der Waals surface area (Å²) in [6.45, 7) is 1.92. The highest BCUT2D eigenvalue weighted by Gasteiger charge is 2.17. The van der Waals surface area contributed by atoms with E-state index in [4.69, 9.17) is 0 Å². The number of nitrogens with zero attached hydrogens (tertiary/aromatic N) is 1. The molecule has 94 valence electrons. The molecule has 0 amide bonds. The average Bonchev–Trinajstić information content (AvgIpc) is 2.32. The molecule has 1 aromatic heterocycles. The van der Waals surface area contributed by atoms with Gasteiger partial charge in [0.2, 0.25) is 0 Å². The van der Waals surface area contributed by atoms with Gasteiger partial charge in [0.25, 0.3) is 0 Å². The summed E-state index contributed by atoms with van der Waals surface area (Å²) in [7, 11) is 0. The van der Waals surface area contributed by atoms with Gasteiger partial charge >= 0.3 is 0 Å². The molecule has 0 aliphatic rings. The maximum absolute atomic E-state index is 13.7. The molecule has 4 heteroatoms. The smallest absolute Gasteiger partial charge is 0.130 e. The van der Waals surface area contributed by atoms with E-state index in [0.717, 1.165) is 11.3 Å².